The smallest absolute Gasteiger partial charge is 0.308 e. The minimum atomic E-state index is -0.412. The summed E-state index contributed by atoms with van der Waals surface area (Å²) in [6.45, 7) is 4.61. The Hall–Kier alpha value is -1.84. The third-order valence-corrected chi connectivity index (χ3v) is 1.70. The predicted molar refractivity (Wildman–Crippen MR) is 56.8 cm³/mol. The molecular formula is C11H13NO3. The van der Waals surface area contributed by atoms with Gasteiger partial charge in [0.15, 0.2) is 5.75 Å². The molecule has 0 aliphatic carbocycles. The Bertz CT molecular complexity index is 399. The van der Waals surface area contributed by atoms with E-state index in [4.69, 9.17) is 4.74 Å². The van der Waals surface area contributed by atoms with Crippen molar-refractivity contribution >= 4 is 17.6 Å². The molecule has 4 nitrogen and oxygen atoms in total. The zero-order valence-electron chi connectivity index (χ0n) is 8.96. The number of rotatable bonds is 2. The van der Waals surface area contributed by atoms with E-state index in [0.29, 0.717) is 11.4 Å². The van der Waals surface area contributed by atoms with Crippen LogP contribution in [-0.2, 0) is 9.59 Å². The Labute approximate surface area is 88.2 Å². The second kappa shape index (κ2) is 4.59. The van der Waals surface area contributed by atoms with E-state index in [0.717, 1.165) is 5.56 Å². The van der Waals surface area contributed by atoms with Crippen LogP contribution in [0.2, 0.25) is 0 Å². The second-order valence-corrected chi connectivity index (χ2v) is 3.27. The first-order valence-corrected chi connectivity index (χ1v) is 4.55. The van der Waals surface area contributed by atoms with Crippen molar-refractivity contribution in [2.45, 2.75) is 20.8 Å². The van der Waals surface area contributed by atoms with Gasteiger partial charge in [-0.1, -0.05) is 6.07 Å². The van der Waals surface area contributed by atoms with Crippen molar-refractivity contribution in [2.75, 3.05) is 5.32 Å². The molecule has 0 heterocycles. The number of aryl methyl sites for hydroxylation is 1. The highest BCUT2D eigenvalue weighted by Crippen LogP contribution is 2.25. The van der Waals surface area contributed by atoms with Crippen molar-refractivity contribution in [3.05, 3.63) is 23.8 Å². The fraction of sp³-hybridized carbons (Fsp3) is 0.273. The van der Waals surface area contributed by atoms with Gasteiger partial charge in [0.25, 0.3) is 0 Å². The average molecular weight is 207 g/mol. The SMILES string of the molecule is CC(=O)Nc1cc(C)ccc1OC(C)=O. The summed E-state index contributed by atoms with van der Waals surface area (Å²) in [5.41, 5.74) is 1.49. The summed E-state index contributed by atoms with van der Waals surface area (Å²) in [5.74, 6) is -0.247. The van der Waals surface area contributed by atoms with Crippen molar-refractivity contribution in [3.8, 4) is 5.75 Å². The standard InChI is InChI=1S/C11H13NO3/c1-7-4-5-11(15-9(3)14)10(6-7)12-8(2)13/h4-6H,1-3H3,(H,12,13). The summed E-state index contributed by atoms with van der Waals surface area (Å²) >= 11 is 0. The van der Waals surface area contributed by atoms with Crippen LogP contribution in [0, 0.1) is 6.92 Å². The molecule has 1 aromatic rings. The van der Waals surface area contributed by atoms with E-state index >= 15 is 0 Å². The van der Waals surface area contributed by atoms with E-state index in [9.17, 15) is 9.59 Å². The van der Waals surface area contributed by atoms with Crippen LogP contribution in [0.3, 0.4) is 0 Å². The lowest BCUT2D eigenvalue weighted by atomic mass is 10.2. The molecule has 4 heteroatoms. The Morgan fingerprint density at radius 3 is 2.47 bits per heavy atom. The number of carbonyl (C=O) groups is 2. The van der Waals surface area contributed by atoms with Gasteiger partial charge in [-0.05, 0) is 24.6 Å². The zero-order valence-corrected chi connectivity index (χ0v) is 8.96. The highest BCUT2D eigenvalue weighted by molar-refractivity contribution is 5.91. The van der Waals surface area contributed by atoms with Crippen LogP contribution >= 0.6 is 0 Å². The fourth-order valence-corrected chi connectivity index (χ4v) is 1.18. The Kier molecular flexibility index (Phi) is 3.44. The van der Waals surface area contributed by atoms with Crippen LogP contribution in [0.15, 0.2) is 18.2 Å². The van der Waals surface area contributed by atoms with Crippen molar-refractivity contribution in [2.24, 2.45) is 0 Å². The van der Waals surface area contributed by atoms with Crippen molar-refractivity contribution in [1.29, 1.82) is 0 Å². The van der Waals surface area contributed by atoms with Gasteiger partial charge in [-0.2, -0.15) is 0 Å². The normalized spacial score (nSPS) is 9.53. The number of amides is 1. The predicted octanol–water partition coefficient (Wildman–Crippen LogP) is 1.88. The van der Waals surface area contributed by atoms with Crippen LogP contribution in [0.25, 0.3) is 0 Å². The Balaban J connectivity index is 3.02. The number of carbonyl (C=O) groups excluding carboxylic acids is 2. The van der Waals surface area contributed by atoms with E-state index < -0.39 is 5.97 Å². The molecule has 0 unspecified atom stereocenters. The van der Waals surface area contributed by atoms with E-state index in [1.54, 1.807) is 12.1 Å². The molecule has 0 aliphatic rings. The second-order valence-electron chi connectivity index (χ2n) is 3.27. The van der Waals surface area contributed by atoms with Gasteiger partial charge in [0.2, 0.25) is 5.91 Å². The molecule has 0 aromatic heterocycles. The van der Waals surface area contributed by atoms with Crippen molar-refractivity contribution < 1.29 is 14.3 Å². The molecule has 1 rings (SSSR count). The maximum absolute atomic E-state index is 10.9. The lowest BCUT2D eigenvalue weighted by Crippen LogP contribution is -2.10. The number of nitrogens with one attached hydrogen (secondary N) is 1. The van der Waals surface area contributed by atoms with Crippen molar-refractivity contribution in [3.63, 3.8) is 0 Å². The largest absolute Gasteiger partial charge is 0.424 e. The van der Waals surface area contributed by atoms with Gasteiger partial charge in [0, 0.05) is 13.8 Å². The topological polar surface area (TPSA) is 55.4 Å². The fourth-order valence-electron chi connectivity index (χ4n) is 1.18. The van der Waals surface area contributed by atoms with Crippen LogP contribution in [0.1, 0.15) is 19.4 Å². The number of anilines is 1. The number of hydrogen-bond donors (Lipinski definition) is 1. The van der Waals surface area contributed by atoms with Crippen LogP contribution < -0.4 is 10.1 Å². The molecule has 0 aliphatic heterocycles. The third-order valence-electron chi connectivity index (χ3n) is 1.70. The van der Waals surface area contributed by atoms with Crippen LogP contribution in [0.5, 0.6) is 5.75 Å². The van der Waals surface area contributed by atoms with Gasteiger partial charge in [-0.25, -0.2) is 0 Å². The molecular weight excluding hydrogens is 194 g/mol. The molecule has 15 heavy (non-hydrogen) atoms. The molecule has 1 amide bonds. The van der Waals surface area contributed by atoms with E-state index in [1.807, 2.05) is 13.0 Å². The maximum atomic E-state index is 10.9. The number of ether oxygens (including phenoxy) is 1. The highest BCUT2D eigenvalue weighted by atomic mass is 16.5. The highest BCUT2D eigenvalue weighted by Gasteiger charge is 2.07. The quantitative estimate of drug-likeness (QED) is 0.595. The van der Waals surface area contributed by atoms with E-state index in [1.165, 1.54) is 13.8 Å². The molecule has 0 spiro atoms. The Morgan fingerprint density at radius 1 is 1.27 bits per heavy atom. The lowest BCUT2D eigenvalue weighted by molar-refractivity contribution is -0.131. The van der Waals surface area contributed by atoms with Gasteiger partial charge < -0.3 is 10.1 Å². The molecule has 0 radical (unpaired) electrons. The number of benzene rings is 1. The molecule has 0 fully saturated rings. The summed E-state index contributed by atoms with van der Waals surface area (Å²) in [6.07, 6.45) is 0. The Morgan fingerprint density at radius 2 is 1.93 bits per heavy atom. The molecule has 1 aromatic carbocycles. The van der Waals surface area contributed by atoms with Gasteiger partial charge in [0.05, 0.1) is 5.69 Å². The molecule has 0 atom stereocenters. The summed E-state index contributed by atoms with van der Waals surface area (Å²) < 4.78 is 4.95. The monoisotopic (exact) mass is 207 g/mol. The van der Waals surface area contributed by atoms with Gasteiger partial charge in [-0.3, -0.25) is 9.59 Å². The lowest BCUT2D eigenvalue weighted by Gasteiger charge is -2.09. The first kappa shape index (κ1) is 11.2. The van der Waals surface area contributed by atoms with Crippen LogP contribution in [-0.4, -0.2) is 11.9 Å². The minimum Gasteiger partial charge on any atom is -0.424 e. The van der Waals surface area contributed by atoms with Gasteiger partial charge >= 0.3 is 5.97 Å². The first-order chi connectivity index (χ1) is 6.99. The summed E-state index contributed by atoms with van der Waals surface area (Å²) in [7, 11) is 0. The number of hydrogen-bond acceptors (Lipinski definition) is 3. The molecule has 0 bridgehead atoms. The molecule has 0 saturated heterocycles. The maximum Gasteiger partial charge on any atom is 0.308 e. The first-order valence-electron chi connectivity index (χ1n) is 4.55. The van der Waals surface area contributed by atoms with Gasteiger partial charge in [-0.15, -0.1) is 0 Å². The number of esters is 1. The minimum absolute atomic E-state index is 0.200. The van der Waals surface area contributed by atoms with Crippen molar-refractivity contribution in [1.82, 2.24) is 0 Å². The average Bonchev–Trinajstić information content (AvgIpc) is 2.08. The van der Waals surface area contributed by atoms with E-state index in [-0.39, 0.29) is 5.91 Å². The molecule has 0 saturated carbocycles. The molecule has 1 N–H and O–H groups in total. The summed E-state index contributed by atoms with van der Waals surface area (Å²) in [4.78, 5) is 21.7. The van der Waals surface area contributed by atoms with Crippen LogP contribution in [0.4, 0.5) is 5.69 Å². The van der Waals surface area contributed by atoms with E-state index in [2.05, 4.69) is 5.32 Å². The summed E-state index contributed by atoms with van der Waals surface area (Å²) in [5, 5.41) is 2.60. The summed E-state index contributed by atoms with van der Waals surface area (Å²) in [6, 6.07) is 5.21. The third kappa shape index (κ3) is 3.42. The zero-order chi connectivity index (χ0) is 11.4. The van der Waals surface area contributed by atoms with Gasteiger partial charge in [0.1, 0.15) is 0 Å². The molecule has 80 valence electrons.